The quantitative estimate of drug-likeness (QED) is 0.839. The molecular weight excluding hydrogens is 280 g/mol. The van der Waals surface area contributed by atoms with Gasteiger partial charge in [-0.1, -0.05) is 12.1 Å². The normalized spacial score (nSPS) is 23.2. The van der Waals surface area contributed by atoms with Gasteiger partial charge in [0.2, 0.25) is 5.91 Å². The highest BCUT2D eigenvalue weighted by molar-refractivity contribution is 7.99. The molecule has 0 N–H and O–H groups in total. The Morgan fingerprint density at radius 1 is 1.24 bits per heavy atom. The van der Waals surface area contributed by atoms with E-state index >= 15 is 0 Å². The minimum atomic E-state index is 0.272. The van der Waals surface area contributed by atoms with E-state index in [0.29, 0.717) is 5.91 Å². The number of hydrogen-bond donors (Lipinski definition) is 0. The summed E-state index contributed by atoms with van der Waals surface area (Å²) in [7, 11) is 0. The number of anilines is 1. The number of aryl methyl sites for hydroxylation is 1. The van der Waals surface area contributed by atoms with E-state index in [9.17, 15) is 4.79 Å². The first-order chi connectivity index (χ1) is 10.2. The Balaban J connectivity index is 1.56. The summed E-state index contributed by atoms with van der Waals surface area (Å²) in [6.45, 7) is 5.77. The number of carbonyl (C=O) groups excluding carboxylic acids is 1. The highest BCUT2D eigenvalue weighted by Gasteiger charge is 2.28. The van der Waals surface area contributed by atoms with Crippen molar-refractivity contribution in [3.8, 4) is 0 Å². The van der Waals surface area contributed by atoms with Crippen LogP contribution in [-0.4, -0.2) is 48.5 Å². The van der Waals surface area contributed by atoms with Crippen molar-refractivity contribution in [1.29, 1.82) is 0 Å². The van der Waals surface area contributed by atoms with E-state index in [-0.39, 0.29) is 5.92 Å². The third kappa shape index (κ3) is 3.54. The molecule has 3 rings (SSSR count). The van der Waals surface area contributed by atoms with Crippen molar-refractivity contribution in [3.05, 3.63) is 29.8 Å². The second-order valence-electron chi connectivity index (χ2n) is 6.07. The number of thioether (sulfide) groups is 1. The van der Waals surface area contributed by atoms with Crippen LogP contribution in [0.15, 0.2) is 24.3 Å². The van der Waals surface area contributed by atoms with Crippen LogP contribution in [0, 0.1) is 12.8 Å². The van der Waals surface area contributed by atoms with Gasteiger partial charge in [-0.3, -0.25) is 4.79 Å². The zero-order chi connectivity index (χ0) is 14.7. The highest BCUT2D eigenvalue weighted by atomic mass is 32.2. The smallest absolute Gasteiger partial charge is 0.226 e. The molecule has 1 unspecified atom stereocenters. The summed E-state index contributed by atoms with van der Waals surface area (Å²) in [6.07, 6.45) is 2.29. The lowest BCUT2D eigenvalue weighted by Gasteiger charge is -2.38. The van der Waals surface area contributed by atoms with Gasteiger partial charge in [0.1, 0.15) is 0 Å². The molecule has 3 nitrogen and oxygen atoms in total. The molecule has 0 aromatic heterocycles. The van der Waals surface area contributed by atoms with Gasteiger partial charge in [-0.05, 0) is 43.2 Å². The van der Waals surface area contributed by atoms with E-state index in [4.69, 9.17) is 0 Å². The zero-order valence-corrected chi connectivity index (χ0v) is 13.6. The van der Waals surface area contributed by atoms with Gasteiger partial charge in [-0.25, -0.2) is 0 Å². The van der Waals surface area contributed by atoms with Crippen molar-refractivity contribution in [2.24, 2.45) is 5.92 Å². The van der Waals surface area contributed by atoms with E-state index in [1.807, 2.05) is 11.8 Å². The molecule has 1 amide bonds. The average molecular weight is 304 g/mol. The molecule has 4 heteroatoms. The van der Waals surface area contributed by atoms with Crippen molar-refractivity contribution < 1.29 is 4.79 Å². The lowest BCUT2D eigenvalue weighted by Crippen LogP contribution is -2.51. The fourth-order valence-corrected chi connectivity index (χ4v) is 4.33. The molecule has 0 saturated carbocycles. The Morgan fingerprint density at radius 2 is 2.05 bits per heavy atom. The first kappa shape index (κ1) is 14.8. The van der Waals surface area contributed by atoms with Crippen LogP contribution in [0.5, 0.6) is 0 Å². The Hall–Kier alpha value is -1.16. The lowest BCUT2D eigenvalue weighted by atomic mass is 10.0. The van der Waals surface area contributed by atoms with Gasteiger partial charge in [0, 0.05) is 43.5 Å². The van der Waals surface area contributed by atoms with Crippen molar-refractivity contribution in [2.45, 2.75) is 19.8 Å². The molecule has 21 heavy (non-hydrogen) atoms. The summed E-state index contributed by atoms with van der Waals surface area (Å²) in [5.41, 5.74) is 2.58. The molecule has 2 aliphatic rings. The standard InChI is InChI=1S/C17H24N2OS/c1-14-4-2-6-16(12-14)18-7-9-19(10-8-18)17(20)15-5-3-11-21-13-15/h2,4,6,12,15H,3,5,7-11,13H2,1H3. The second-order valence-corrected chi connectivity index (χ2v) is 7.22. The largest absolute Gasteiger partial charge is 0.368 e. The van der Waals surface area contributed by atoms with Gasteiger partial charge in [-0.2, -0.15) is 11.8 Å². The van der Waals surface area contributed by atoms with E-state index in [1.165, 1.54) is 23.4 Å². The van der Waals surface area contributed by atoms with E-state index in [2.05, 4.69) is 41.0 Å². The average Bonchev–Trinajstić information content (AvgIpc) is 2.55. The number of hydrogen-bond acceptors (Lipinski definition) is 3. The summed E-state index contributed by atoms with van der Waals surface area (Å²) in [4.78, 5) is 17.0. The minimum absolute atomic E-state index is 0.272. The van der Waals surface area contributed by atoms with Crippen LogP contribution in [-0.2, 0) is 4.79 Å². The van der Waals surface area contributed by atoms with E-state index in [1.54, 1.807) is 0 Å². The van der Waals surface area contributed by atoms with Gasteiger partial charge in [0.05, 0.1) is 0 Å². The lowest BCUT2D eigenvalue weighted by molar-refractivity contribution is -0.135. The number of carbonyl (C=O) groups is 1. The number of amides is 1. The number of nitrogens with zero attached hydrogens (tertiary/aromatic N) is 2. The fraction of sp³-hybridized carbons (Fsp3) is 0.588. The van der Waals surface area contributed by atoms with Crippen LogP contribution < -0.4 is 4.90 Å². The van der Waals surface area contributed by atoms with Crippen LogP contribution in [0.4, 0.5) is 5.69 Å². The summed E-state index contributed by atoms with van der Waals surface area (Å²) in [5.74, 6) is 2.92. The molecular formula is C17H24N2OS. The topological polar surface area (TPSA) is 23.6 Å². The Labute approximate surface area is 131 Å². The molecule has 0 bridgehead atoms. The van der Waals surface area contributed by atoms with Crippen LogP contribution in [0.2, 0.25) is 0 Å². The molecule has 1 aromatic rings. The Bertz CT molecular complexity index is 491. The fourth-order valence-electron chi connectivity index (χ4n) is 3.20. The molecule has 2 fully saturated rings. The molecule has 0 radical (unpaired) electrons. The summed E-state index contributed by atoms with van der Waals surface area (Å²) >= 11 is 1.94. The molecule has 2 heterocycles. The predicted molar refractivity (Wildman–Crippen MR) is 90.0 cm³/mol. The van der Waals surface area contributed by atoms with Gasteiger partial charge >= 0.3 is 0 Å². The molecule has 0 spiro atoms. The molecule has 114 valence electrons. The van der Waals surface area contributed by atoms with Gasteiger partial charge in [0.15, 0.2) is 0 Å². The number of piperazine rings is 1. The van der Waals surface area contributed by atoms with Crippen molar-refractivity contribution in [2.75, 3.05) is 42.6 Å². The SMILES string of the molecule is Cc1cccc(N2CCN(C(=O)C3CCCSC3)CC2)c1. The number of benzene rings is 1. The van der Waals surface area contributed by atoms with Crippen LogP contribution in [0.3, 0.4) is 0 Å². The van der Waals surface area contributed by atoms with Crippen molar-refractivity contribution in [3.63, 3.8) is 0 Å². The highest BCUT2D eigenvalue weighted by Crippen LogP contribution is 2.25. The van der Waals surface area contributed by atoms with Crippen LogP contribution in [0.25, 0.3) is 0 Å². The molecule has 2 aliphatic heterocycles. The number of rotatable bonds is 2. The van der Waals surface area contributed by atoms with Crippen molar-refractivity contribution >= 4 is 23.4 Å². The van der Waals surface area contributed by atoms with Gasteiger partial charge in [0.25, 0.3) is 0 Å². The van der Waals surface area contributed by atoms with E-state index < -0.39 is 0 Å². The maximum atomic E-state index is 12.5. The third-order valence-electron chi connectivity index (χ3n) is 4.47. The summed E-state index contributed by atoms with van der Waals surface area (Å²) in [5, 5.41) is 0. The van der Waals surface area contributed by atoms with Crippen LogP contribution >= 0.6 is 11.8 Å². The molecule has 2 saturated heterocycles. The minimum Gasteiger partial charge on any atom is -0.368 e. The molecule has 1 atom stereocenters. The summed E-state index contributed by atoms with van der Waals surface area (Å²) in [6, 6.07) is 8.64. The summed E-state index contributed by atoms with van der Waals surface area (Å²) < 4.78 is 0. The Morgan fingerprint density at radius 3 is 2.71 bits per heavy atom. The van der Waals surface area contributed by atoms with Gasteiger partial charge < -0.3 is 9.80 Å². The Kier molecular flexibility index (Phi) is 4.73. The molecule has 0 aliphatic carbocycles. The van der Waals surface area contributed by atoms with E-state index in [0.717, 1.165) is 38.4 Å². The third-order valence-corrected chi connectivity index (χ3v) is 5.68. The second kappa shape index (κ2) is 6.73. The maximum absolute atomic E-state index is 12.5. The first-order valence-corrected chi connectivity index (χ1v) is 9.07. The monoisotopic (exact) mass is 304 g/mol. The molecule has 1 aromatic carbocycles. The zero-order valence-electron chi connectivity index (χ0n) is 12.8. The maximum Gasteiger partial charge on any atom is 0.226 e. The van der Waals surface area contributed by atoms with Gasteiger partial charge in [-0.15, -0.1) is 0 Å². The predicted octanol–water partition coefficient (Wildman–Crippen LogP) is 2.79. The van der Waals surface area contributed by atoms with Crippen LogP contribution in [0.1, 0.15) is 18.4 Å². The van der Waals surface area contributed by atoms with Crippen molar-refractivity contribution in [1.82, 2.24) is 4.90 Å². The first-order valence-electron chi connectivity index (χ1n) is 7.92.